The molecule has 0 saturated carbocycles. The molecule has 1 unspecified atom stereocenters. The van der Waals surface area contributed by atoms with E-state index in [-0.39, 0.29) is 5.69 Å². The van der Waals surface area contributed by atoms with Crippen molar-refractivity contribution in [1.82, 2.24) is 15.5 Å². The van der Waals surface area contributed by atoms with Gasteiger partial charge in [0.25, 0.3) is 5.91 Å². The molecule has 134 valence electrons. The largest absolute Gasteiger partial charge is 0.497 e. The number of halogens is 3. The van der Waals surface area contributed by atoms with Crippen molar-refractivity contribution in [3.8, 4) is 17.0 Å². The van der Waals surface area contributed by atoms with Crippen LogP contribution in [0.1, 0.15) is 16.9 Å². The fraction of sp³-hybridized carbons (Fsp3) is 0.267. The van der Waals surface area contributed by atoms with Crippen molar-refractivity contribution in [2.45, 2.75) is 18.6 Å². The average molecular weight is 357 g/mol. The van der Waals surface area contributed by atoms with E-state index in [0.29, 0.717) is 17.0 Å². The molecule has 0 aliphatic heterocycles. The van der Waals surface area contributed by atoms with E-state index in [1.54, 1.807) is 24.3 Å². The standard InChI is InChI=1S/C15H14F3N3O4/c1-25-9-4-2-8(3-5-9)10-6-11(21-20-10)13(22)19-12(14(23)24)7-15(16,17)18/h2-6,12H,7H2,1H3,(H,19,22)(H,20,21)(H,23,24). The number of carboxylic acid groups (broad SMARTS) is 1. The molecular weight excluding hydrogens is 343 g/mol. The number of benzene rings is 1. The number of aromatic nitrogens is 2. The van der Waals surface area contributed by atoms with Crippen molar-refractivity contribution >= 4 is 11.9 Å². The highest BCUT2D eigenvalue weighted by Crippen LogP contribution is 2.23. The zero-order chi connectivity index (χ0) is 18.6. The van der Waals surface area contributed by atoms with Crippen molar-refractivity contribution in [1.29, 1.82) is 0 Å². The monoisotopic (exact) mass is 357 g/mol. The Morgan fingerprint density at radius 3 is 2.48 bits per heavy atom. The number of amides is 1. The molecular formula is C15H14F3N3O4. The summed E-state index contributed by atoms with van der Waals surface area (Å²) >= 11 is 0. The Bertz CT molecular complexity index is 756. The lowest BCUT2D eigenvalue weighted by Crippen LogP contribution is -2.43. The minimum absolute atomic E-state index is 0.153. The summed E-state index contributed by atoms with van der Waals surface area (Å²) < 4.78 is 42.1. The summed E-state index contributed by atoms with van der Waals surface area (Å²) in [5.41, 5.74) is 0.857. The normalized spacial score (nSPS) is 12.5. The summed E-state index contributed by atoms with van der Waals surface area (Å²) in [5, 5.41) is 16.9. The number of ether oxygens (including phenoxy) is 1. The molecule has 1 heterocycles. The zero-order valence-electron chi connectivity index (χ0n) is 12.9. The summed E-state index contributed by atoms with van der Waals surface area (Å²) in [5.74, 6) is -2.15. The van der Waals surface area contributed by atoms with E-state index in [1.165, 1.54) is 13.2 Å². The van der Waals surface area contributed by atoms with Gasteiger partial charge in [-0.3, -0.25) is 9.89 Å². The molecule has 3 N–H and O–H groups in total. The highest BCUT2D eigenvalue weighted by molar-refractivity contribution is 5.95. The first-order valence-corrected chi connectivity index (χ1v) is 7.00. The lowest BCUT2D eigenvalue weighted by atomic mass is 10.1. The Morgan fingerprint density at radius 1 is 1.32 bits per heavy atom. The molecule has 2 rings (SSSR count). The van der Waals surface area contributed by atoms with Crippen LogP contribution in [0, 0.1) is 0 Å². The maximum Gasteiger partial charge on any atom is 0.391 e. The van der Waals surface area contributed by atoms with E-state index in [9.17, 15) is 22.8 Å². The Hall–Kier alpha value is -3.04. The van der Waals surface area contributed by atoms with Gasteiger partial charge in [-0.1, -0.05) is 0 Å². The number of nitrogens with zero attached hydrogens (tertiary/aromatic N) is 1. The molecule has 25 heavy (non-hydrogen) atoms. The predicted molar refractivity (Wildman–Crippen MR) is 80.1 cm³/mol. The number of aromatic amines is 1. The number of alkyl halides is 3. The molecule has 2 aromatic rings. The molecule has 0 bridgehead atoms. The topological polar surface area (TPSA) is 104 Å². The van der Waals surface area contributed by atoms with E-state index in [2.05, 4.69) is 10.2 Å². The highest BCUT2D eigenvalue weighted by atomic mass is 19.4. The Kier molecular flexibility index (Phi) is 5.30. The van der Waals surface area contributed by atoms with Crippen LogP contribution in [0.2, 0.25) is 0 Å². The number of carboxylic acids is 1. The van der Waals surface area contributed by atoms with Gasteiger partial charge in [-0.25, -0.2) is 4.79 Å². The van der Waals surface area contributed by atoms with Crippen LogP contribution in [0.3, 0.4) is 0 Å². The number of methoxy groups -OCH3 is 1. The molecule has 1 aromatic carbocycles. The quantitative estimate of drug-likeness (QED) is 0.735. The van der Waals surface area contributed by atoms with Crippen molar-refractivity contribution in [3.63, 3.8) is 0 Å². The molecule has 1 atom stereocenters. The number of H-pyrrole nitrogens is 1. The predicted octanol–water partition coefficient (Wildman–Crippen LogP) is 2.22. The van der Waals surface area contributed by atoms with Crippen LogP contribution in [0.25, 0.3) is 11.3 Å². The Labute approximate surface area is 139 Å². The minimum atomic E-state index is -4.72. The summed E-state index contributed by atoms with van der Waals surface area (Å²) in [7, 11) is 1.51. The molecule has 0 aliphatic carbocycles. The molecule has 7 nitrogen and oxygen atoms in total. The van der Waals surface area contributed by atoms with Crippen molar-refractivity contribution in [3.05, 3.63) is 36.0 Å². The van der Waals surface area contributed by atoms with Gasteiger partial charge in [0, 0.05) is 5.56 Å². The second-order valence-corrected chi connectivity index (χ2v) is 5.08. The smallest absolute Gasteiger partial charge is 0.391 e. The maximum atomic E-state index is 12.4. The Balaban J connectivity index is 2.12. The van der Waals surface area contributed by atoms with E-state index in [0.717, 1.165) is 0 Å². The number of carbonyl (C=O) groups is 2. The zero-order valence-corrected chi connectivity index (χ0v) is 12.9. The fourth-order valence-corrected chi connectivity index (χ4v) is 2.02. The number of nitrogens with one attached hydrogen (secondary N) is 2. The summed E-state index contributed by atoms with van der Waals surface area (Å²) in [6.07, 6.45) is -6.40. The number of hydrogen-bond acceptors (Lipinski definition) is 4. The molecule has 0 fully saturated rings. The van der Waals surface area contributed by atoms with Crippen molar-refractivity contribution < 1.29 is 32.6 Å². The molecule has 1 amide bonds. The van der Waals surface area contributed by atoms with E-state index in [1.807, 2.05) is 5.32 Å². The number of hydrogen-bond donors (Lipinski definition) is 3. The number of carbonyl (C=O) groups excluding carboxylic acids is 1. The van der Waals surface area contributed by atoms with Crippen LogP contribution in [-0.2, 0) is 4.79 Å². The first-order valence-electron chi connectivity index (χ1n) is 7.00. The van der Waals surface area contributed by atoms with Gasteiger partial charge in [0.2, 0.25) is 0 Å². The molecule has 0 radical (unpaired) electrons. The lowest BCUT2D eigenvalue weighted by molar-refractivity contribution is -0.157. The van der Waals surface area contributed by atoms with Gasteiger partial charge in [0.05, 0.1) is 19.2 Å². The van der Waals surface area contributed by atoms with Crippen molar-refractivity contribution in [2.24, 2.45) is 0 Å². The second-order valence-electron chi connectivity index (χ2n) is 5.08. The van der Waals surface area contributed by atoms with Crippen LogP contribution in [0.4, 0.5) is 13.2 Å². The minimum Gasteiger partial charge on any atom is -0.497 e. The van der Waals surface area contributed by atoms with E-state index < -0.39 is 30.5 Å². The average Bonchev–Trinajstić information content (AvgIpc) is 3.03. The van der Waals surface area contributed by atoms with Crippen LogP contribution in [0.15, 0.2) is 30.3 Å². The summed E-state index contributed by atoms with van der Waals surface area (Å²) in [6, 6.07) is 5.94. The van der Waals surface area contributed by atoms with Gasteiger partial charge in [-0.2, -0.15) is 18.3 Å². The third-order valence-electron chi connectivity index (χ3n) is 3.25. The van der Waals surface area contributed by atoms with Crippen LogP contribution >= 0.6 is 0 Å². The van der Waals surface area contributed by atoms with Crippen LogP contribution in [0.5, 0.6) is 5.75 Å². The Morgan fingerprint density at radius 2 is 1.96 bits per heavy atom. The summed E-state index contributed by atoms with van der Waals surface area (Å²) in [6.45, 7) is 0. The van der Waals surface area contributed by atoms with E-state index >= 15 is 0 Å². The SMILES string of the molecule is COc1ccc(-c2cc(C(=O)NC(CC(F)(F)F)C(=O)O)[nH]n2)cc1. The van der Waals surface area contributed by atoms with Gasteiger partial charge < -0.3 is 15.2 Å². The molecule has 10 heteroatoms. The molecule has 0 spiro atoms. The lowest BCUT2D eigenvalue weighted by Gasteiger charge is -2.15. The third kappa shape index (κ3) is 4.96. The molecule has 1 aromatic heterocycles. The maximum absolute atomic E-state index is 12.4. The van der Waals surface area contributed by atoms with Crippen molar-refractivity contribution in [2.75, 3.05) is 7.11 Å². The number of rotatable bonds is 6. The second kappa shape index (κ2) is 7.24. The highest BCUT2D eigenvalue weighted by Gasteiger charge is 2.36. The van der Waals surface area contributed by atoms with E-state index in [4.69, 9.17) is 9.84 Å². The first kappa shape index (κ1) is 18.3. The van der Waals surface area contributed by atoms with Gasteiger partial charge in [-0.15, -0.1) is 0 Å². The first-order chi connectivity index (χ1) is 11.7. The van der Waals surface area contributed by atoms with Gasteiger partial charge >= 0.3 is 12.1 Å². The van der Waals surface area contributed by atoms with Crippen LogP contribution in [-0.4, -0.2) is 46.5 Å². The van der Waals surface area contributed by atoms with Gasteiger partial charge in [0.15, 0.2) is 0 Å². The van der Waals surface area contributed by atoms with Gasteiger partial charge in [0.1, 0.15) is 17.5 Å². The fourth-order valence-electron chi connectivity index (χ4n) is 2.02. The molecule has 0 saturated heterocycles. The van der Waals surface area contributed by atoms with Gasteiger partial charge in [-0.05, 0) is 30.3 Å². The third-order valence-corrected chi connectivity index (χ3v) is 3.25. The molecule has 0 aliphatic rings. The van der Waals surface area contributed by atoms with Crippen LogP contribution < -0.4 is 10.1 Å². The summed E-state index contributed by atoms with van der Waals surface area (Å²) in [4.78, 5) is 22.8. The number of aliphatic carboxylic acids is 1.